The Morgan fingerprint density at radius 1 is 1.67 bits per heavy atom. The van der Waals surface area contributed by atoms with Crippen LogP contribution in [0, 0.1) is 0 Å². The summed E-state index contributed by atoms with van der Waals surface area (Å²) < 4.78 is 0. The van der Waals surface area contributed by atoms with E-state index in [4.69, 9.17) is 5.11 Å². The van der Waals surface area contributed by atoms with Crippen LogP contribution >= 0.6 is 11.3 Å². The van der Waals surface area contributed by atoms with Gasteiger partial charge in [0.25, 0.3) is 0 Å². The number of amides is 2. The number of aromatic carboxylic acids is 1. The van der Waals surface area contributed by atoms with Crippen molar-refractivity contribution in [2.75, 3.05) is 6.54 Å². The molecule has 1 fully saturated rings. The highest BCUT2D eigenvalue weighted by atomic mass is 32.1. The summed E-state index contributed by atoms with van der Waals surface area (Å²) in [5.74, 6) is -1.04. The Morgan fingerprint density at radius 3 is 3.00 bits per heavy atom. The summed E-state index contributed by atoms with van der Waals surface area (Å²) in [5, 5.41) is 13.6. The summed E-state index contributed by atoms with van der Waals surface area (Å²) in [6.45, 7) is 3.09. The Hall–Kier alpha value is -1.63. The highest BCUT2D eigenvalue weighted by molar-refractivity contribution is 7.09. The van der Waals surface area contributed by atoms with Gasteiger partial charge in [-0.1, -0.05) is 0 Å². The topological polar surface area (TPSA) is 82.5 Å². The van der Waals surface area contributed by atoms with E-state index in [-0.39, 0.29) is 24.3 Å². The molecule has 1 aromatic heterocycles. The van der Waals surface area contributed by atoms with Crippen LogP contribution in [0.25, 0.3) is 0 Å². The van der Waals surface area contributed by atoms with Crippen molar-refractivity contribution in [1.82, 2.24) is 15.2 Å². The molecule has 2 amide bonds. The number of carbonyl (C=O) groups is 2. The van der Waals surface area contributed by atoms with Crippen molar-refractivity contribution in [3.63, 3.8) is 0 Å². The molecule has 1 aliphatic rings. The van der Waals surface area contributed by atoms with E-state index >= 15 is 0 Å². The Balaban J connectivity index is 1.87. The van der Waals surface area contributed by atoms with Gasteiger partial charge < -0.3 is 15.3 Å². The maximum Gasteiger partial charge on any atom is 0.355 e. The lowest BCUT2D eigenvalue weighted by molar-refractivity contribution is 0.0691. The predicted molar refractivity (Wildman–Crippen MR) is 66.7 cm³/mol. The molecule has 2 N–H and O–H groups in total. The molecule has 6 nitrogen and oxygen atoms in total. The molecule has 1 saturated heterocycles. The maximum atomic E-state index is 11.8. The summed E-state index contributed by atoms with van der Waals surface area (Å²) >= 11 is 1.24. The predicted octanol–water partition coefficient (Wildman–Crippen LogP) is 1.54. The highest BCUT2D eigenvalue weighted by Gasteiger charge is 2.24. The number of aromatic nitrogens is 1. The number of carbonyl (C=O) groups excluding carboxylic acids is 1. The van der Waals surface area contributed by atoms with Gasteiger partial charge in [0.05, 0.1) is 6.54 Å². The summed E-state index contributed by atoms with van der Waals surface area (Å²) in [7, 11) is 0. The lowest BCUT2D eigenvalue weighted by atomic mass is 10.2. The molecule has 0 aliphatic carbocycles. The van der Waals surface area contributed by atoms with Gasteiger partial charge in [-0.3, -0.25) is 0 Å². The van der Waals surface area contributed by atoms with E-state index in [2.05, 4.69) is 10.3 Å². The average Bonchev–Trinajstić information content (AvgIpc) is 2.94. The number of hydrogen-bond donors (Lipinski definition) is 2. The van der Waals surface area contributed by atoms with Crippen LogP contribution in [-0.4, -0.2) is 39.6 Å². The lowest BCUT2D eigenvalue weighted by Gasteiger charge is -2.21. The van der Waals surface area contributed by atoms with Gasteiger partial charge >= 0.3 is 12.0 Å². The zero-order valence-electron chi connectivity index (χ0n) is 10.0. The van der Waals surface area contributed by atoms with E-state index in [1.54, 1.807) is 4.90 Å². The fraction of sp³-hybridized carbons (Fsp3) is 0.545. The molecule has 0 aromatic carbocycles. The third kappa shape index (κ3) is 2.79. The zero-order chi connectivity index (χ0) is 13.1. The second-order valence-electron chi connectivity index (χ2n) is 4.27. The fourth-order valence-electron chi connectivity index (χ4n) is 1.98. The number of carboxylic acid groups (broad SMARTS) is 1. The Kier molecular flexibility index (Phi) is 3.81. The Labute approximate surface area is 109 Å². The Morgan fingerprint density at radius 2 is 2.44 bits per heavy atom. The minimum absolute atomic E-state index is 0.0267. The highest BCUT2D eigenvalue weighted by Crippen LogP contribution is 2.16. The standard InChI is InChI=1S/C11H15N3O3S/c1-7-3-2-4-14(7)11(17)12-5-9-13-8(6-18-9)10(15)16/h6-7H,2-5H2,1H3,(H,12,17)(H,15,16). The van der Waals surface area contributed by atoms with Gasteiger partial charge in [0, 0.05) is 18.0 Å². The fourth-order valence-corrected chi connectivity index (χ4v) is 2.69. The first kappa shape index (κ1) is 12.8. The van der Waals surface area contributed by atoms with E-state index in [1.165, 1.54) is 16.7 Å². The van der Waals surface area contributed by atoms with E-state index in [1.807, 2.05) is 6.92 Å². The van der Waals surface area contributed by atoms with Crippen LogP contribution in [-0.2, 0) is 6.54 Å². The molecule has 1 atom stereocenters. The molecule has 1 aromatic rings. The van der Waals surface area contributed by atoms with Crippen molar-refractivity contribution in [2.24, 2.45) is 0 Å². The summed E-state index contributed by atoms with van der Waals surface area (Å²) in [4.78, 5) is 28.2. The number of urea groups is 1. The number of carboxylic acids is 1. The van der Waals surface area contributed by atoms with Crippen LogP contribution in [0.3, 0.4) is 0 Å². The number of nitrogens with one attached hydrogen (secondary N) is 1. The first-order valence-electron chi connectivity index (χ1n) is 5.80. The van der Waals surface area contributed by atoms with Crippen molar-refractivity contribution in [3.05, 3.63) is 16.1 Å². The molecule has 98 valence electrons. The number of nitrogens with zero attached hydrogens (tertiary/aromatic N) is 2. The lowest BCUT2D eigenvalue weighted by Crippen LogP contribution is -2.41. The Bertz CT molecular complexity index is 460. The molecule has 1 aliphatic heterocycles. The minimum Gasteiger partial charge on any atom is -0.476 e. The normalized spacial score (nSPS) is 18.9. The van der Waals surface area contributed by atoms with Crippen LogP contribution in [0.4, 0.5) is 4.79 Å². The molecule has 0 bridgehead atoms. The first-order valence-corrected chi connectivity index (χ1v) is 6.68. The molecule has 0 radical (unpaired) electrons. The van der Waals surface area contributed by atoms with Crippen LogP contribution in [0.5, 0.6) is 0 Å². The average molecular weight is 269 g/mol. The maximum absolute atomic E-state index is 11.8. The van der Waals surface area contributed by atoms with Gasteiger partial charge in [-0.15, -0.1) is 11.3 Å². The number of rotatable bonds is 3. The van der Waals surface area contributed by atoms with Crippen molar-refractivity contribution >= 4 is 23.3 Å². The zero-order valence-corrected chi connectivity index (χ0v) is 10.9. The molecule has 18 heavy (non-hydrogen) atoms. The third-order valence-corrected chi connectivity index (χ3v) is 3.82. The van der Waals surface area contributed by atoms with Crippen LogP contribution in [0.1, 0.15) is 35.3 Å². The first-order chi connectivity index (χ1) is 8.58. The van der Waals surface area contributed by atoms with E-state index in [0.29, 0.717) is 5.01 Å². The van der Waals surface area contributed by atoms with Crippen LogP contribution in [0.15, 0.2) is 5.38 Å². The summed E-state index contributed by atoms with van der Waals surface area (Å²) in [6, 6.07) is 0.169. The number of thiazole rings is 1. The summed E-state index contributed by atoms with van der Waals surface area (Å²) in [6.07, 6.45) is 2.07. The third-order valence-electron chi connectivity index (χ3n) is 2.98. The van der Waals surface area contributed by atoms with Crippen molar-refractivity contribution in [2.45, 2.75) is 32.4 Å². The van der Waals surface area contributed by atoms with E-state index < -0.39 is 5.97 Å². The molecular formula is C11H15N3O3S. The molecule has 7 heteroatoms. The monoisotopic (exact) mass is 269 g/mol. The number of hydrogen-bond acceptors (Lipinski definition) is 4. The second-order valence-corrected chi connectivity index (χ2v) is 5.22. The van der Waals surface area contributed by atoms with Gasteiger partial charge in [0.2, 0.25) is 0 Å². The molecule has 1 unspecified atom stereocenters. The van der Waals surface area contributed by atoms with Crippen molar-refractivity contribution in [3.8, 4) is 0 Å². The molecular weight excluding hydrogens is 254 g/mol. The van der Waals surface area contributed by atoms with E-state index in [9.17, 15) is 9.59 Å². The molecule has 0 spiro atoms. The summed E-state index contributed by atoms with van der Waals surface area (Å²) in [5.41, 5.74) is 0.0267. The SMILES string of the molecule is CC1CCCN1C(=O)NCc1nc(C(=O)O)cs1. The van der Waals surface area contributed by atoms with Crippen molar-refractivity contribution < 1.29 is 14.7 Å². The second kappa shape index (κ2) is 5.34. The number of likely N-dealkylation sites (tertiary alicyclic amines) is 1. The van der Waals surface area contributed by atoms with Gasteiger partial charge in [-0.05, 0) is 19.8 Å². The minimum atomic E-state index is -1.04. The molecule has 2 heterocycles. The van der Waals surface area contributed by atoms with Crippen LogP contribution < -0.4 is 5.32 Å². The van der Waals surface area contributed by atoms with Gasteiger partial charge in [0.15, 0.2) is 5.69 Å². The quantitative estimate of drug-likeness (QED) is 0.872. The van der Waals surface area contributed by atoms with Crippen LogP contribution in [0.2, 0.25) is 0 Å². The smallest absolute Gasteiger partial charge is 0.355 e. The largest absolute Gasteiger partial charge is 0.476 e. The van der Waals surface area contributed by atoms with Gasteiger partial charge in [-0.25, -0.2) is 14.6 Å². The van der Waals surface area contributed by atoms with Crippen molar-refractivity contribution in [1.29, 1.82) is 0 Å². The molecule has 2 rings (SSSR count). The van der Waals surface area contributed by atoms with Gasteiger partial charge in [0.1, 0.15) is 5.01 Å². The molecule has 0 saturated carbocycles. The van der Waals surface area contributed by atoms with E-state index in [0.717, 1.165) is 19.4 Å². The van der Waals surface area contributed by atoms with Gasteiger partial charge in [-0.2, -0.15) is 0 Å².